The first kappa shape index (κ1) is 28.5. The van der Waals surface area contributed by atoms with Gasteiger partial charge in [-0.15, -0.1) is 0 Å². The van der Waals surface area contributed by atoms with Gasteiger partial charge in [-0.25, -0.2) is 0 Å². The Morgan fingerprint density at radius 3 is 1.00 bits per heavy atom. The Morgan fingerprint density at radius 2 is 1.00 bits per heavy atom. The summed E-state index contributed by atoms with van der Waals surface area (Å²) in [5.41, 5.74) is 0. The van der Waals surface area contributed by atoms with E-state index in [0.717, 1.165) is 0 Å². The van der Waals surface area contributed by atoms with Crippen LogP contribution in [0.3, 0.4) is 0 Å². The maximum atomic E-state index is 0. The maximum Gasteiger partial charge on any atom is 0 e. The van der Waals surface area contributed by atoms with E-state index in [0.29, 0.717) is 0 Å². The molecule has 0 rings (SSSR count). The second-order valence-corrected chi connectivity index (χ2v) is 0. The molecule has 0 aromatic rings. The van der Waals surface area contributed by atoms with Crippen LogP contribution in [0.1, 0.15) is 0 Å². The van der Waals surface area contributed by atoms with Gasteiger partial charge in [-0.1, -0.05) is 0 Å². The topological polar surface area (TPSA) is 0 Å². The second kappa shape index (κ2) is 16.8. The predicted molar refractivity (Wildman–Crippen MR) is 17.3 cm³/mol. The van der Waals surface area contributed by atoms with E-state index in [1.165, 1.54) is 0 Å². The third-order valence-electron chi connectivity index (χ3n) is 0. The van der Waals surface area contributed by atoms with Crippen LogP contribution in [0.15, 0.2) is 0 Å². The molecule has 0 aliphatic rings. The molecule has 0 nitrogen and oxygen atoms in total. The summed E-state index contributed by atoms with van der Waals surface area (Å²) in [7, 11) is 0. The average Bonchev–Trinajstić information content (AvgIpc) is 0. The molecule has 14 valence electrons. The van der Waals surface area contributed by atoms with Gasteiger partial charge < -0.3 is 0 Å². The van der Waals surface area contributed by atoms with Crippen molar-refractivity contribution in [3.05, 3.63) is 0 Å². The van der Waals surface area contributed by atoms with Gasteiger partial charge in [0.2, 0.25) is 0 Å². The predicted octanol–water partition coefficient (Wildman–Crippen LogP) is -1.14. The first-order chi connectivity index (χ1) is 0. The van der Waals surface area contributed by atoms with Gasteiger partial charge in [-0.2, -0.15) is 0 Å². The molecule has 0 aromatic heterocycles. The van der Waals surface area contributed by atoms with Crippen molar-refractivity contribution in [2.45, 2.75) is 0 Å². The first-order valence-electron chi connectivity index (χ1n) is 0. The van der Waals surface area contributed by atoms with Gasteiger partial charge in [0.05, 0.1) is 0 Å². The fourth-order valence-corrected chi connectivity index (χ4v) is 0. The summed E-state index contributed by atoms with van der Waals surface area (Å²) in [6, 6.07) is 0. The fraction of sp³-hybridized carbons (Fsp3) is 0. The second-order valence-electron chi connectivity index (χ2n) is 0. The number of rotatable bonds is 0. The summed E-state index contributed by atoms with van der Waals surface area (Å²) in [6.07, 6.45) is 0. The van der Waals surface area contributed by atoms with E-state index in [2.05, 4.69) is 0 Å². The van der Waals surface area contributed by atoms with Crippen molar-refractivity contribution in [3.63, 3.8) is 0 Å². The van der Waals surface area contributed by atoms with Crippen LogP contribution in [0.5, 0.6) is 0 Å². The molecule has 0 aliphatic heterocycles. The quantitative estimate of drug-likeness (QED) is 0.472. The zero-order valence-electron chi connectivity index (χ0n) is 2.23. The van der Waals surface area contributed by atoms with Crippen LogP contribution in [0, 0.1) is 0 Å². The van der Waals surface area contributed by atoms with E-state index >= 15 is 0 Å². The minimum Gasteiger partial charge on any atom is 0 e. The average molecular weight is 243 g/mol. The van der Waals surface area contributed by atoms with Crippen molar-refractivity contribution in [2.24, 2.45) is 0 Å². The van der Waals surface area contributed by atoms with Crippen molar-refractivity contribution in [1.29, 1.82) is 0 Å². The minimum absolute atomic E-state index is 0. The molecule has 0 aromatic carbocycles. The first-order valence-corrected chi connectivity index (χ1v) is 0. The van der Waals surface area contributed by atoms with Crippen molar-refractivity contribution in [2.75, 3.05) is 0 Å². The fourth-order valence-electron chi connectivity index (χ4n) is 0. The smallest absolute Gasteiger partial charge is 0 e. The van der Waals surface area contributed by atoms with Gasteiger partial charge in [0.15, 0.2) is 0 Å². The maximum absolute atomic E-state index is 0. The molecule has 0 N–H and O–H groups in total. The van der Waals surface area contributed by atoms with Crippen LogP contribution in [0.2, 0.25) is 0 Å². The number of hydrogen-bond donors (Lipinski definition) is 0. The van der Waals surface area contributed by atoms with Gasteiger partial charge in [-0.05, 0) is 0 Å². The third-order valence-corrected chi connectivity index (χ3v) is 0. The van der Waals surface area contributed by atoms with Gasteiger partial charge in [-0.3, -0.25) is 0 Å². The van der Waals surface area contributed by atoms with Crippen LogP contribution in [-0.2, 0) is 18.6 Å². The van der Waals surface area contributed by atoms with E-state index in [4.69, 9.17) is 0 Å². The van der Waals surface area contributed by atoms with E-state index in [1.54, 1.807) is 0 Å². The van der Waals surface area contributed by atoms with E-state index in [1.807, 2.05) is 0 Å². The van der Waals surface area contributed by atoms with E-state index in [9.17, 15) is 0 Å². The van der Waals surface area contributed by atoms with Crippen LogP contribution < -0.4 is 0 Å². The molecular formula is AlBaSiV. The van der Waals surface area contributed by atoms with Crippen molar-refractivity contribution < 1.29 is 18.6 Å². The number of hydrogen-bond acceptors (Lipinski definition) is 0. The molecular weight excluding hydrogens is 243 g/mol. The van der Waals surface area contributed by atoms with Crippen LogP contribution in [-0.4, -0.2) is 77.2 Å². The summed E-state index contributed by atoms with van der Waals surface area (Å²) < 4.78 is 0. The van der Waals surface area contributed by atoms with Crippen LogP contribution >= 0.6 is 0 Å². The summed E-state index contributed by atoms with van der Waals surface area (Å²) in [6.45, 7) is 0. The zero-order chi connectivity index (χ0) is 0. The Morgan fingerprint density at radius 1 is 1.00 bits per heavy atom. The van der Waals surface area contributed by atoms with Crippen molar-refractivity contribution in [1.82, 2.24) is 0 Å². The molecule has 0 amide bonds. The molecule has 0 saturated heterocycles. The van der Waals surface area contributed by atoms with Gasteiger partial charge in [0.25, 0.3) is 0 Å². The minimum atomic E-state index is 0. The Balaban J connectivity index is 0. The largest absolute Gasteiger partial charge is 0 e. The Bertz CT molecular complexity index is 8.00. The Kier molecular flexibility index (Phi) is 120. The van der Waals surface area contributed by atoms with Gasteiger partial charge in [0, 0.05) is 95.8 Å². The molecule has 10 radical (unpaired) electrons. The molecule has 4 heteroatoms. The Labute approximate surface area is 93.6 Å². The molecule has 0 spiro atoms. The normalized spacial score (nSPS) is 0. The van der Waals surface area contributed by atoms with E-state index < -0.39 is 0 Å². The summed E-state index contributed by atoms with van der Waals surface area (Å²) in [4.78, 5) is 0. The van der Waals surface area contributed by atoms with Gasteiger partial charge in [0.1, 0.15) is 0 Å². The molecule has 0 saturated carbocycles. The molecule has 0 bridgehead atoms. The Hall–Kier alpha value is 2.91. The third kappa shape index (κ3) is 8.86. The standard InChI is InChI=1S/Al.Ba.Si.V. The summed E-state index contributed by atoms with van der Waals surface area (Å²) in [5.74, 6) is 0. The summed E-state index contributed by atoms with van der Waals surface area (Å²) >= 11 is 0. The van der Waals surface area contributed by atoms with Crippen LogP contribution in [0.4, 0.5) is 0 Å². The molecule has 4 heavy (non-hydrogen) atoms. The summed E-state index contributed by atoms with van der Waals surface area (Å²) in [5, 5.41) is 0. The zero-order valence-corrected chi connectivity index (χ0v) is 10.2. The monoisotopic (exact) mass is 244 g/mol. The van der Waals surface area contributed by atoms with E-state index in [-0.39, 0.29) is 95.8 Å². The van der Waals surface area contributed by atoms with Crippen molar-refractivity contribution >= 4 is 77.2 Å². The molecule has 0 fully saturated rings. The molecule has 0 aliphatic carbocycles. The molecule has 0 atom stereocenters. The van der Waals surface area contributed by atoms with Crippen molar-refractivity contribution in [3.8, 4) is 0 Å². The van der Waals surface area contributed by atoms with Gasteiger partial charge >= 0.3 is 0 Å². The molecule has 0 heterocycles. The SMILES string of the molecule is [Al].[Ba].[Si].[V]. The molecule has 0 unspecified atom stereocenters. The van der Waals surface area contributed by atoms with Crippen LogP contribution in [0.25, 0.3) is 0 Å².